The van der Waals surface area contributed by atoms with Gasteiger partial charge in [0, 0.05) is 17.4 Å². The van der Waals surface area contributed by atoms with Gasteiger partial charge in [-0.3, -0.25) is 0 Å². The first-order valence-electron chi connectivity index (χ1n) is 5.84. The standard InChI is InChI=1S/C15H18N2/c1-11-5-3-4-6-15(11)12(2)17-14-9-7-13(16)8-10-14/h3-10,12,17H,16H2,1-2H3. The molecule has 0 saturated carbocycles. The Morgan fingerprint density at radius 3 is 2.29 bits per heavy atom. The Morgan fingerprint density at radius 1 is 1.00 bits per heavy atom. The maximum atomic E-state index is 5.66. The number of nitrogens with two attached hydrogens (primary N) is 1. The molecule has 1 atom stereocenters. The minimum absolute atomic E-state index is 0.292. The molecule has 0 aliphatic carbocycles. The zero-order valence-corrected chi connectivity index (χ0v) is 10.3. The minimum Gasteiger partial charge on any atom is -0.399 e. The van der Waals surface area contributed by atoms with Gasteiger partial charge in [0.05, 0.1) is 0 Å². The summed E-state index contributed by atoms with van der Waals surface area (Å²) in [5.41, 5.74) is 10.2. The normalized spacial score (nSPS) is 12.1. The van der Waals surface area contributed by atoms with Crippen LogP contribution < -0.4 is 11.1 Å². The highest BCUT2D eigenvalue weighted by Crippen LogP contribution is 2.22. The molecule has 2 heteroatoms. The van der Waals surface area contributed by atoms with Gasteiger partial charge in [0.15, 0.2) is 0 Å². The smallest absolute Gasteiger partial charge is 0.0488 e. The summed E-state index contributed by atoms with van der Waals surface area (Å²) >= 11 is 0. The number of nitrogens with one attached hydrogen (secondary N) is 1. The lowest BCUT2D eigenvalue weighted by molar-refractivity contribution is 0.874. The van der Waals surface area contributed by atoms with E-state index >= 15 is 0 Å². The van der Waals surface area contributed by atoms with E-state index in [1.165, 1.54) is 11.1 Å². The van der Waals surface area contributed by atoms with Crippen LogP contribution in [0.5, 0.6) is 0 Å². The van der Waals surface area contributed by atoms with Crippen molar-refractivity contribution in [2.45, 2.75) is 19.9 Å². The molecule has 0 aromatic heterocycles. The molecule has 3 N–H and O–H groups in total. The summed E-state index contributed by atoms with van der Waals surface area (Å²) in [6.45, 7) is 4.30. The highest BCUT2D eigenvalue weighted by Gasteiger charge is 2.07. The number of aryl methyl sites for hydroxylation is 1. The van der Waals surface area contributed by atoms with E-state index in [1.807, 2.05) is 24.3 Å². The molecule has 0 bridgehead atoms. The van der Waals surface area contributed by atoms with E-state index in [4.69, 9.17) is 5.73 Å². The first-order chi connectivity index (χ1) is 8.16. The molecule has 0 spiro atoms. The van der Waals surface area contributed by atoms with E-state index in [0.717, 1.165) is 11.4 Å². The second-order valence-electron chi connectivity index (χ2n) is 4.34. The topological polar surface area (TPSA) is 38.0 Å². The molecule has 0 fully saturated rings. The van der Waals surface area contributed by atoms with Gasteiger partial charge < -0.3 is 11.1 Å². The number of rotatable bonds is 3. The third kappa shape index (κ3) is 2.78. The molecule has 0 heterocycles. The third-order valence-corrected chi connectivity index (χ3v) is 2.95. The van der Waals surface area contributed by atoms with Gasteiger partial charge in [-0.15, -0.1) is 0 Å². The molecule has 0 radical (unpaired) electrons. The molecule has 2 aromatic carbocycles. The Bertz CT molecular complexity index is 489. The van der Waals surface area contributed by atoms with Crippen molar-refractivity contribution in [3.05, 3.63) is 59.7 Å². The Balaban J connectivity index is 2.14. The van der Waals surface area contributed by atoms with E-state index in [-0.39, 0.29) is 0 Å². The number of benzene rings is 2. The quantitative estimate of drug-likeness (QED) is 0.782. The maximum absolute atomic E-state index is 5.66. The van der Waals surface area contributed by atoms with Crippen molar-refractivity contribution in [2.24, 2.45) is 0 Å². The summed E-state index contributed by atoms with van der Waals surface area (Å²) in [6.07, 6.45) is 0. The number of anilines is 2. The van der Waals surface area contributed by atoms with E-state index in [9.17, 15) is 0 Å². The molecule has 88 valence electrons. The molecule has 0 saturated heterocycles. The van der Waals surface area contributed by atoms with Crippen molar-refractivity contribution in [1.82, 2.24) is 0 Å². The zero-order valence-electron chi connectivity index (χ0n) is 10.3. The average molecular weight is 226 g/mol. The molecule has 2 nitrogen and oxygen atoms in total. The predicted octanol–water partition coefficient (Wildman–Crippen LogP) is 3.75. The van der Waals surface area contributed by atoms with Crippen LogP contribution in [-0.2, 0) is 0 Å². The van der Waals surface area contributed by atoms with Crippen LogP contribution in [0.3, 0.4) is 0 Å². The van der Waals surface area contributed by atoms with Crippen molar-refractivity contribution in [3.63, 3.8) is 0 Å². The van der Waals surface area contributed by atoms with Crippen molar-refractivity contribution < 1.29 is 0 Å². The van der Waals surface area contributed by atoms with Crippen LogP contribution in [0.15, 0.2) is 48.5 Å². The molecule has 0 aliphatic heterocycles. The number of nitrogen functional groups attached to an aromatic ring is 1. The van der Waals surface area contributed by atoms with Crippen LogP contribution >= 0.6 is 0 Å². The summed E-state index contributed by atoms with van der Waals surface area (Å²) in [5, 5.41) is 3.47. The molecular formula is C15H18N2. The SMILES string of the molecule is Cc1ccccc1C(C)Nc1ccc(N)cc1. The second kappa shape index (κ2) is 4.91. The predicted molar refractivity (Wildman–Crippen MR) is 74.1 cm³/mol. The summed E-state index contributed by atoms with van der Waals surface area (Å²) in [4.78, 5) is 0. The summed E-state index contributed by atoms with van der Waals surface area (Å²) < 4.78 is 0. The van der Waals surface area contributed by atoms with Crippen LogP contribution in [0.1, 0.15) is 24.1 Å². The monoisotopic (exact) mass is 226 g/mol. The Kier molecular flexibility index (Phi) is 3.33. The fourth-order valence-corrected chi connectivity index (χ4v) is 1.98. The average Bonchev–Trinajstić information content (AvgIpc) is 2.32. The first kappa shape index (κ1) is 11.5. The van der Waals surface area contributed by atoms with Crippen LogP contribution in [-0.4, -0.2) is 0 Å². The van der Waals surface area contributed by atoms with Gasteiger partial charge in [0.25, 0.3) is 0 Å². The van der Waals surface area contributed by atoms with Gasteiger partial charge in [0.1, 0.15) is 0 Å². The fourth-order valence-electron chi connectivity index (χ4n) is 1.98. The minimum atomic E-state index is 0.292. The highest BCUT2D eigenvalue weighted by atomic mass is 14.9. The first-order valence-corrected chi connectivity index (χ1v) is 5.84. The maximum Gasteiger partial charge on any atom is 0.0488 e. The summed E-state index contributed by atoms with van der Waals surface area (Å²) in [7, 11) is 0. The van der Waals surface area contributed by atoms with Gasteiger partial charge in [-0.25, -0.2) is 0 Å². The van der Waals surface area contributed by atoms with Crippen LogP contribution in [0.25, 0.3) is 0 Å². The van der Waals surface area contributed by atoms with Gasteiger partial charge in [-0.2, -0.15) is 0 Å². The Labute approximate surface area is 102 Å². The fraction of sp³-hybridized carbons (Fsp3) is 0.200. The van der Waals surface area contributed by atoms with Crippen LogP contribution in [0, 0.1) is 6.92 Å². The van der Waals surface area contributed by atoms with Gasteiger partial charge >= 0.3 is 0 Å². The van der Waals surface area contributed by atoms with Gasteiger partial charge in [0.2, 0.25) is 0 Å². The van der Waals surface area contributed by atoms with E-state index in [0.29, 0.717) is 6.04 Å². The van der Waals surface area contributed by atoms with E-state index in [2.05, 4.69) is 43.4 Å². The molecule has 1 unspecified atom stereocenters. The molecule has 2 aromatic rings. The van der Waals surface area contributed by atoms with Gasteiger partial charge in [-0.1, -0.05) is 24.3 Å². The molecule has 17 heavy (non-hydrogen) atoms. The number of hydrogen-bond acceptors (Lipinski definition) is 2. The van der Waals surface area contributed by atoms with Gasteiger partial charge in [-0.05, 0) is 49.2 Å². The molecule has 2 rings (SSSR count). The Hall–Kier alpha value is -1.96. The van der Waals surface area contributed by atoms with Crippen molar-refractivity contribution in [3.8, 4) is 0 Å². The molecule has 0 aliphatic rings. The second-order valence-corrected chi connectivity index (χ2v) is 4.34. The van der Waals surface area contributed by atoms with Crippen molar-refractivity contribution in [2.75, 3.05) is 11.1 Å². The summed E-state index contributed by atoms with van der Waals surface area (Å²) in [6, 6.07) is 16.5. The summed E-state index contributed by atoms with van der Waals surface area (Å²) in [5.74, 6) is 0. The third-order valence-electron chi connectivity index (χ3n) is 2.95. The van der Waals surface area contributed by atoms with Crippen LogP contribution in [0.2, 0.25) is 0 Å². The van der Waals surface area contributed by atoms with Crippen LogP contribution in [0.4, 0.5) is 11.4 Å². The lowest BCUT2D eigenvalue weighted by Crippen LogP contribution is -2.07. The molecular weight excluding hydrogens is 208 g/mol. The lowest BCUT2D eigenvalue weighted by Gasteiger charge is -2.17. The lowest BCUT2D eigenvalue weighted by atomic mass is 10.0. The highest BCUT2D eigenvalue weighted by molar-refractivity contribution is 5.52. The number of hydrogen-bond donors (Lipinski definition) is 2. The zero-order chi connectivity index (χ0) is 12.3. The Morgan fingerprint density at radius 2 is 1.65 bits per heavy atom. The van der Waals surface area contributed by atoms with Crippen molar-refractivity contribution >= 4 is 11.4 Å². The van der Waals surface area contributed by atoms with E-state index < -0.39 is 0 Å². The largest absolute Gasteiger partial charge is 0.399 e. The molecule has 0 amide bonds. The van der Waals surface area contributed by atoms with Crippen molar-refractivity contribution in [1.29, 1.82) is 0 Å². The van der Waals surface area contributed by atoms with E-state index in [1.54, 1.807) is 0 Å².